The molecule has 0 bridgehead atoms. The van der Waals surface area contributed by atoms with Gasteiger partial charge in [-0.2, -0.15) is 0 Å². The van der Waals surface area contributed by atoms with Crippen LogP contribution in [0.4, 0.5) is 0 Å². The van der Waals surface area contributed by atoms with Crippen LogP contribution < -0.4 is 9.47 Å². The van der Waals surface area contributed by atoms with Gasteiger partial charge >= 0.3 is 0 Å². The summed E-state index contributed by atoms with van der Waals surface area (Å²) in [4.78, 5) is 16.8. The number of aryl methyl sites for hydroxylation is 1. The number of hydrogen-bond acceptors (Lipinski definition) is 4. The van der Waals surface area contributed by atoms with Gasteiger partial charge in [0.15, 0.2) is 0 Å². The number of ether oxygens (including phenoxy) is 2. The van der Waals surface area contributed by atoms with Crippen molar-refractivity contribution in [2.45, 2.75) is 6.92 Å². The number of methoxy groups -OCH3 is 1. The van der Waals surface area contributed by atoms with Crippen LogP contribution in [0.25, 0.3) is 0 Å². The number of nitrogens with zero attached hydrogens (tertiary/aromatic N) is 2. The lowest BCUT2D eigenvalue weighted by Crippen LogP contribution is -2.49. The average molecular weight is 354 g/mol. The molecule has 26 heavy (non-hydrogen) atoms. The number of carbonyl (C=O) groups is 1. The second kappa shape index (κ2) is 8.72. The Morgan fingerprint density at radius 1 is 1.00 bits per heavy atom. The quantitative estimate of drug-likeness (QED) is 0.800. The second-order valence-corrected chi connectivity index (χ2v) is 6.53. The van der Waals surface area contributed by atoms with Gasteiger partial charge in [0.25, 0.3) is 5.91 Å². The van der Waals surface area contributed by atoms with E-state index in [4.69, 9.17) is 9.47 Å². The summed E-state index contributed by atoms with van der Waals surface area (Å²) >= 11 is 0. The fraction of sp³-hybridized carbons (Fsp3) is 0.381. The Hall–Kier alpha value is -2.53. The first-order chi connectivity index (χ1) is 12.7. The molecule has 0 aliphatic carbocycles. The Labute approximate surface area is 155 Å². The van der Waals surface area contributed by atoms with Crippen molar-refractivity contribution >= 4 is 5.91 Å². The van der Waals surface area contributed by atoms with Gasteiger partial charge in [0.05, 0.1) is 7.11 Å². The van der Waals surface area contributed by atoms with Crippen LogP contribution in [-0.4, -0.2) is 62.1 Å². The summed E-state index contributed by atoms with van der Waals surface area (Å²) in [5.74, 6) is 1.77. The van der Waals surface area contributed by atoms with Gasteiger partial charge in [0.2, 0.25) is 0 Å². The topological polar surface area (TPSA) is 42.0 Å². The van der Waals surface area contributed by atoms with Gasteiger partial charge in [-0.15, -0.1) is 0 Å². The van der Waals surface area contributed by atoms with E-state index in [0.717, 1.165) is 44.2 Å². The lowest BCUT2D eigenvalue weighted by atomic mass is 10.1. The van der Waals surface area contributed by atoms with E-state index < -0.39 is 0 Å². The SMILES string of the molecule is COc1ccc(C(=O)N2CCN(CCOc3cccc(C)c3)CC2)cc1. The Balaban J connectivity index is 1.42. The van der Waals surface area contributed by atoms with Crippen LogP contribution in [-0.2, 0) is 0 Å². The van der Waals surface area contributed by atoms with Crippen molar-refractivity contribution in [2.24, 2.45) is 0 Å². The van der Waals surface area contributed by atoms with Gasteiger partial charge in [-0.3, -0.25) is 9.69 Å². The number of rotatable bonds is 6. The van der Waals surface area contributed by atoms with Crippen molar-refractivity contribution < 1.29 is 14.3 Å². The zero-order valence-corrected chi connectivity index (χ0v) is 15.5. The van der Waals surface area contributed by atoms with Crippen molar-refractivity contribution in [3.05, 3.63) is 59.7 Å². The highest BCUT2D eigenvalue weighted by Gasteiger charge is 2.22. The van der Waals surface area contributed by atoms with Gasteiger partial charge in [-0.1, -0.05) is 12.1 Å². The van der Waals surface area contributed by atoms with Gasteiger partial charge in [0, 0.05) is 38.3 Å². The fourth-order valence-electron chi connectivity index (χ4n) is 3.09. The summed E-state index contributed by atoms with van der Waals surface area (Å²) in [6.07, 6.45) is 0. The zero-order chi connectivity index (χ0) is 18.4. The first-order valence-corrected chi connectivity index (χ1v) is 9.01. The summed E-state index contributed by atoms with van der Waals surface area (Å²) < 4.78 is 11.0. The highest BCUT2D eigenvalue weighted by atomic mass is 16.5. The Kier molecular flexibility index (Phi) is 6.12. The molecule has 0 saturated carbocycles. The van der Waals surface area contributed by atoms with Crippen molar-refractivity contribution in [1.29, 1.82) is 0 Å². The largest absolute Gasteiger partial charge is 0.497 e. The van der Waals surface area contributed by atoms with Crippen LogP contribution in [0.1, 0.15) is 15.9 Å². The third-order valence-electron chi connectivity index (χ3n) is 4.66. The van der Waals surface area contributed by atoms with Crippen LogP contribution >= 0.6 is 0 Å². The minimum atomic E-state index is 0.0864. The molecule has 0 aromatic heterocycles. The molecule has 0 unspecified atom stereocenters. The van der Waals surface area contributed by atoms with Gasteiger partial charge in [0.1, 0.15) is 18.1 Å². The van der Waals surface area contributed by atoms with Gasteiger partial charge < -0.3 is 14.4 Å². The predicted molar refractivity (Wildman–Crippen MR) is 102 cm³/mol. The highest BCUT2D eigenvalue weighted by Crippen LogP contribution is 2.15. The van der Waals surface area contributed by atoms with Crippen LogP contribution in [0, 0.1) is 6.92 Å². The molecule has 1 amide bonds. The first kappa shape index (κ1) is 18.3. The third-order valence-corrected chi connectivity index (χ3v) is 4.66. The molecule has 3 rings (SSSR count). The minimum Gasteiger partial charge on any atom is -0.497 e. The summed E-state index contributed by atoms with van der Waals surface area (Å²) in [6, 6.07) is 15.4. The standard InChI is InChI=1S/C21H26N2O3/c1-17-4-3-5-20(16-17)26-15-14-22-10-12-23(13-11-22)21(24)18-6-8-19(25-2)9-7-18/h3-9,16H,10-15H2,1-2H3. The molecule has 0 N–H and O–H groups in total. The molecule has 0 radical (unpaired) electrons. The predicted octanol–water partition coefficient (Wildman–Crippen LogP) is 2.84. The molecule has 1 saturated heterocycles. The molecule has 0 spiro atoms. The molecule has 2 aromatic rings. The number of hydrogen-bond donors (Lipinski definition) is 0. The van der Waals surface area contributed by atoms with Crippen LogP contribution in [0.2, 0.25) is 0 Å². The van der Waals surface area contributed by atoms with E-state index in [1.807, 2.05) is 47.4 Å². The smallest absolute Gasteiger partial charge is 0.253 e. The zero-order valence-electron chi connectivity index (χ0n) is 15.5. The Morgan fingerprint density at radius 3 is 2.38 bits per heavy atom. The molecular weight excluding hydrogens is 328 g/mol. The van der Waals surface area contributed by atoms with Crippen LogP contribution in [0.5, 0.6) is 11.5 Å². The number of benzene rings is 2. The normalized spacial score (nSPS) is 14.9. The summed E-state index contributed by atoms with van der Waals surface area (Å²) in [7, 11) is 1.62. The molecule has 1 aliphatic heterocycles. The van der Waals surface area contributed by atoms with E-state index in [9.17, 15) is 4.79 Å². The van der Waals surface area contributed by atoms with Crippen molar-refractivity contribution in [3.63, 3.8) is 0 Å². The lowest BCUT2D eigenvalue weighted by Gasteiger charge is -2.34. The van der Waals surface area contributed by atoms with Crippen molar-refractivity contribution in [2.75, 3.05) is 46.4 Å². The second-order valence-electron chi connectivity index (χ2n) is 6.53. The lowest BCUT2D eigenvalue weighted by molar-refractivity contribution is 0.0620. The third kappa shape index (κ3) is 4.76. The molecular formula is C21H26N2O3. The van der Waals surface area contributed by atoms with E-state index >= 15 is 0 Å². The van der Waals surface area contributed by atoms with E-state index in [-0.39, 0.29) is 5.91 Å². The van der Waals surface area contributed by atoms with Crippen LogP contribution in [0.15, 0.2) is 48.5 Å². The van der Waals surface area contributed by atoms with E-state index in [2.05, 4.69) is 17.9 Å². The fourth-order valence-corrected chi connectivity index (χ4v) is 3.09. The molecule has 1 heterocycles. The number of amides is 1. The summed E-state index contributed by atoms with van der Waals surface area (Å²) in [6.45, 7) is 6.84. The molecule has 0 atom stereocenters. The van der Waals surface area contributed by atoms with E-state index in [1.54, 1.807) is 7.11 Å². The maximum Gasteiger partial charge on any atom is 0.253 e. The average Bonchev–Trinajstić information content (AvgIpc) is 2.68. The molecule has 1 aliphatic rings. The summed E-state index contributed by atoms with van der Waals surface area (Å²) in [5.41, 5.74) is 1.91. The summed E-state index contributed by atoms with van der Waals surface area (Å²) in [5, 5.41) is 0. The highest BCUT2D eigenvalue weighted by molar-refractivity contribution is 5.94. The van der Waals surface area contributed by atoms with E-state index in [0.29, 0.717) is 12.2 Å². The molecule has 1 fully saturated rings. The minimum absolute atomic E-state index is 0.0864. The number of piperazine rings is 1. The maximum atomic E-state index is 12.6. The molecule has 2 aromatic carbocycles. The van der Waals surface area contributed by atoms with E-state index in [1.165, 1.54) is 5.56 Å². The Morgan fingerprint density at radius 2 is 1.73 bits per heavy atom. The van der Waals surface area contributed by atoms with Crippen molar-refractivity contribution in [3.8, 4) is 11.5 Å². The number of carbonyl (C=O) groups excluding carboxylic acids is 1. The molecule has 5 nitrogen and oxygen atoms in total. The maximum absolute atomic E-state index is 12.6. The molecule has 5 heteroatoms. The van der Waals surface area contributed by atoms with Crippen LogP contribution in [0.3, 0.4) is 0 Å². The van der Waals surface area contributed by atoms with Crippen molar-refractivity contribution in [1.82, 2.24) is 9.80 Å². The monoisotopic (exact) mass is 354 g/mol. The van der Waals surface area contributed by atoms with Gasteiger partial charge in [-0.25, -0.2) is 0 Å². The molecule has 138 valence electrons. The Bertz CT molecular complexity index is 722. The van der Waals surface area contributed by atoms with Gasteiger partial charge in [-0.05, 0) is 48.9 Å². The first-order valence-electron chi connectivity index (χ1n) is 9.01.